The van der Waals surface area contributed by atoms with E-state index in [1.807, 2.05) is 42.5 Å². The number of rotatable bonds is 4. The Morgan fingerprint density at radius 2 is 1.61 bits per heavy atom. The van der Waals surface area contributed by atoms with Gasteiger partial charge in [-0.3, -0.25) is 0 Å². The minimum atomic E-state index is 0.834. The van der Waals surface area contributed by atoms with Crippen LogP contribution in [-0.4, -0.2) is 14.2 Å². The van der Waals surface area contributed by atoms with Gasteiger partial charge in [-0.25, -0.2) is 0 Å². The molecule has 0 unspecified atom stereocenters. The van der Waals surface area contributed by atoms with Crippen molar-refractivity contribution in [1.29, 1.82) is 0 Å². The van der Waals surface area contributed by atoms with Gasteiger partial charge in [-0.15, -0.1) is 0 Å². The summed E-state index contributed by atoms with van der Waals surface area (Å²) < 4.78 is 10.4. The number of nitrogens with one attached hydrogen (secondary N) is 1. The molecule has 3 heteroatoms. The molecule has 2 aromatic carbocycles. The first-order chi connectivity index (χ1) is 8.72. The van der Waals surface area contributed by atoms with E-state index in [1.165, 1.54) is 5.56 Å². The molecule has 0 radical (unpaired) electrons. The minimum absolute atomic E-state index is 0.834. The van der Waals surface area contributed by atoms with Gasteiger partial charge in [0.15, 0.2) is 0 Å². The van der Waals surface area contributed by atoms with Gasteiger partial charge in [0.1, 0.15) is 11.5 Å². The average molecular weight is 243 g/mol. The van der Waals surface area contributed by atoms with Gasteiger partial charge >= 0.3 is 0 Å². The molecule has 0 aliphatic carbocycles. The van der Waals surface area contributed by atoms with Crippen LogP contribution in [0.1, 0.15) is 5.56 Å². The first-order valence-corrected chi connectivity index (χ1v) is 5.78. The van der Waals surface area contributed by atoms with Crippen LogP contribution in [0, 0.1) is 6.92 Å². The van der Waals surface area contributed by atoms with Crippen LogP contribution in [0.2, 0.25) is 0 Å². The fourth-order valence-electron chi connectivity index (χ4n) is 1.72. The quantitative estimate of drug-likeness (QED) is 0.887. The van der Waals surface area contributed by atoms with Crippen LogP contribution < -0.4 is 14.8 Å². The Morgan fingerprint density at radius 3 is 2.33 bits per heavy atom. The first kappa shape index (κ1) is 12.3. The predicted octanol–water partition coefficient (Wildman–Crippen LogP) is 3.76. The van der Waals surface area contributed by atoms with Crippen molar-refractivity contribution in [3.8, 4) is 11.5 Å². The summed E-state index contributed by atoms with van der Waals surface area (Å²) in [7, 11) is 3.33. The number of ether oxygens (including phenoxy) is 2. The predicted molar refractivity (Wildman–Crippen MR) is 74.0 cm³/mol. The van der Waals surface area contributed by atoms with Crippen LogP contribution in [-0.2, 0) is 0 Å². The van der Waals surface area contributed by atoms with Gasteiger partial charge in [-0.2, -0.15) is 0 Å². The molecule has 0 bridgehead atoms. The van der Waals surface area contributed by atoms with Crippen molar-refractivity contribution < 1.29 is 9.47 Å². The number of benzene rings is 2. The smallest absolute Gasteiger partial charge is 0.120 e. The van der Waals surface area contributed by atoms with E-state index in [1.54, 1.807) is 14.2 Å². The number of methoxy groups -OCH3 is 2. The molecule has 2 aromatic rings. The van der Waals surface area contributed by atoms with E-state index >= 15 is 0 Å². The maximum absolute atomic E-state index is 5.23. The molecule has 0 aliphatic rings. The van der Waals surface area contributed by atoms with Gasteiger partial charge in [0.2, 0.25) is 0 Å². The number of hydrogen-bond donors (Lipinski definition) is 1. The lowest BCUT2D eigenvalue weighted by molar-refractivity contribution is 0.415. The summed E-state index contributed by atoms with van der Waals surface area (Å²) in [5.41, 5.74) is 3.19. The Hall–Kier alpha value is -2.16. The lowest BCUT2D eigenvalue weighted by Gasteiger charge is -2.12. The van der Waals surface area contributed by atoms with Gasteiger partial charge in [-0.1, -0.05) is 12.1 Å². The molecule has 0 spiro atoms. The Kier molecular flexibility index (Phi) is 3.72. The highest BCUT2D eigenvalue weighted by atomic mass is 16.5. The van der Waals surface area contributed by atoms with Crippen LogP contribution in [0.4, 0.5) is 11.4 Å². The van der Waals surface area contributed by atoms with E-state index in [0.717, 1.165) is 22.9 Å². The van der Waals surface area contributed by atoms with Gasteiger partial charge in [0, 0.05) is 23.5 Å². The molecule has 0 aliphatic heterocycles. The Bertz CT molecular complexity index is 538. The normalized spacial score (nSPS) is 9.94. The summed E-state index contributed by atoms with van der Waals surface area (Å²) >= 11 is 0. The molecule has 0 saturated carbocycles. The molecule has 0 aromatic heterocycles. The maximum atomic E-state index is 5.23. The van der Waals surface area contributed by atoms with Crippen molar-refractivity contribution in [3.05, 3.63) is 48.0 Å². The highest BCUT2D eigenvalue weighted by Crippen LogP contribution is 2.26. The SMILES string of the molecule is COc1cccc(Nc2cc(OC)ccc2C)c1. The first-order valence-electron chi connectivity index (χ1n) is 5.78. The Labute approximate surface area is 107 Å². The summed E-state index contributed by atoms with van der Waals surface area (Å²) in [6, 6.07) is 13.8. The van der Waals surface area contributed by atoms with Crippen LogP contribution in [0.15, 0.2) is 42.5 Å². The van der Waals surface area contributed by atoms with Crippen molar-refractivity contribution in [2.75, 3.05) is 19.5 Å². The fourth-order valence-corrected chi connectivity index (χ4v) is 1.72. The number of anilines is 2. The van der Waals surface area contributed by atoms with Gasteiger partial charge in [-0.05, 0) is 30.7 Å². The molecule has 2 rings (SSSR count). The van der Waals surface area contributed by atoms with E-state index in [2.05, 4.69) is 12.2 Å². The maximum Gasteiger partial charge on any atom is 0.120 e. The van der Waals surface area contributed by atoms with E-state index < -0.39 is 0 Å². The third-order valence-corrected chi connectivity index (χ3v) is 2.79. The zero-order chi connectivity index (χ0) is 13.0. The summed E-state index contributed by atoms with van der Waals surface area (Å²) in [4.78, 5) is 0. The molecule has 18 heavy (non-hydrogen) atoms. The van der Waals surface area contributed by atoms with Crippen molar-refractivity contribution in [1.82, 2.24) is 0 Å². The lowest BCUT2D eigenvalue weighted by Crippen LogP contribution is -1.95. The molecule has 1 N–H and O–H groups in total. The van der Waals surface area contributed by atoms with Crippen molar-refractivity contribution in [2.45, 2.75) is 6.92 Å². The van der Waals surface area contributed by atoms with E-state index in [9.17, 15) is 0 Å². The second-order valence-electron chi connectivity index (χ2n) is 4.04. The zero-order valence-electron chi connectivity index (χ0n) is 10.9. The minimum Gasteiger partial charge on any atom is -0.497 e. The summed E-state index contributed by atoms with van der Waals surface area (Å²) in [6.07, 6.45) is 0. The topological polar surface area (TPSA) is 30.5 Å². The average Bonchev–Trinajstić information content (AvgIpc) is 2.41. The molecule has 0 atom stereocenters. The van der Waals surface area contributed by atoms with E-state index in [0.29, 0.717) is 0 Å². The molecule has 0 fully saturated rings. The van der Waals surface area contributed by atoms with Gasteiger partial charge in [0.05, 0.1) is 14.2 Å². The zero-order valence-corrected chi connectivity index (χ0v) is 10.9. The Balaban J connectivity index is 2.27. The monoisotopic (exact) mass is 243 g/mol. The molecular formula is C15H17NO2. The van der Waals surface area contributed by atoms with Crippen LogP contribution in [0.5, 0.6) is 11.5 Å². The van der Waals surface area contributed by atoms with Crippen molar-refractivity contribution >= 4 is 11.4 Å². The van der Waals surface area contributed by atoms with Crippen molar-refractivity contribution in [2.24, 2.45) is 0 Å². The van der Waals surface area contributed by atoms with Crippen LogP contribution in [0.3, 0.4) is 0 Å². The molecule has 94 valence electrons. The van der Waals surface area contributed by atoms with E-state index in [-0.39, 0.29) is 0 Å². The highest BCUT2D eigenvalue weighted by molar-refractivity contribution is 5.65. The second-order valence-corrected chi connectivity index (χ2v) is 4.04. The highest BCUT2D eigenvalue weighted by Gasteiger charge is 2.02. The van der Waals surface area contributed by atoms with Crippen LogP contribution in [0.25, 0.3) is 0 Å². The summed E-state index contributed by atoms with van der Waals surface area (Å²) in [5.74, 6) is 1.67. The summed E-state index contributed by atoms with van der Waals surface area (Å²) in [6.45, 7) is 2.06. The van der Waals surface area contributed by atoms with E-state index in [4.69, 9.17) is 9.47 Å². The third kappa shape index (κ3) is 2.74. The Morgan fingerprint density at radius 1 is 0.889 bits per heavy atom. The lowest BCUT2D eigenvalue weighted by atomic mass is 10.2. The second kappa shape index (κ2) is 5.45. The van der Waals surface area contributed by atoms with Gasteiger partial charge < -0.3 is 14.8 Å². The molecule has 0 amide bonds. The summed E-state index contributed by atoms with van der Waals surface area (Å²) in [5, 5.41) is 3.36. The third-order valence-electron chi connectivity index (χ3n) is 2.79. The molecule has 0 heterocycles. The number of hydrogen-bond acceptors (Lipinski definition) is 3. The van der Waals surface area contributed by atoms with Crippen LogP contribution >= 0.6 is 0 Å². The molecule has 0 saturated heterocycles. The molecule has 3 nitrogen and oxygen atoms in total. The molecular weight excluding hydrogens is 226 g/mol. The fraction of sp³-hybridized carbons (Fsp3) is 0.200. The standard InChI is InChI=1S/C15H17NO2/c1-11-7-8-14(18-3)10-15(11)16-12-5-4-6-13(9-12)17-2/h4-10,16H,1-3H3. The largest absolute Gasteiger partial charge is 0.497 e. The van der Waals surface area contributed by atoms with Gasteiger partial charge in [0.25, 0.3) is 0 Å². The van der Waals surface area contributed by atoms with Crippen molar-refractivity contribution in [3.63, 3.8) is 0 Å². The number of aryl methyl sites for hydroxylation is 1.